The lowest BCUT2D eigenvalue weighted by Crippen LogP contribution is -2.28. The van der Waals surface area contributed by atoms with E-state index < -0.39 is 17.8 Å². The summed E-state index contributed by atoms with van der Waals surface area (Å²) >= 11 is 0. The standard InChI is InChI=1S/C15H20O3.H2O/c1-3-4-10-13(11(2)15(17)18)14(16)12-8-6-5-7-9-12;/h5-9,11,13H,3-4,10H2,1-2H3,(H,17,18);1H2. The van der Waals surface area contributed by atoms with Gasteiger partial charge in [-0.2, -0.15) is 0 Å². The fourth-order valence-electron chi connectivity index (χ4n) is 2.02. The van der Waals surface area contributed by atoms with Gasteiger partial charge in [0.25, 0.3) is 0 Å². The molecule has 19 heavy (non-hydrogen) atoms. The van der Waals surface area contributed by atoms with Crippen molar-refractivity contribution in [2.75, 3.05) is 0 Å². The Bertz CT molecular complexity index is 400. The lowest BCUT2D eigenvalue weighted by Gasteiger charge is -2.19. The number of carbonyl (C=O) groups is 2. The highest BCUT2D eigenvalue weighted by molar-refractivity contribution is 5.99. The quantitative estimate of drug-likeness (QED) is 0.769. The second kappa shape index (κ2) is 8.43. The van der Waals surface area contributed by atoms with Crippen molar-refractivity contribution in [3.8, 4) is 0 Å². The van der Waals surface area contributed by atoms with Crippen molar-refractivity contribution in [3.05, 3.63) is 35.9 Å². The van der Waals surface area contributed by atoms with Crippen molar-refractivity contribution in [2.45, 2.75) is 33.1 Å². The van der Waals surface area contributed by atoms with E-state index in [1.54, 1.807) is 31.2 Å². The summed E-state index contributed by atoms with van der Waals surface area (Å²) in [5, 5.41) is 9.10. The van der Waals surface area contributed by atoms with E-state index in [0.717, 1.165) is 12.8 Å². The zero-order chi connectivity index (χ0) is 13.5. The first kappa shape index (κ1) is 17.3. The predicted molar refractivity (Wildman–Crippen MR) is 74.2 cm³/mol. The number of benzene rings is 1. The van der Waals surface area contributed by atoms with Crippen LogP contribution in [0.4, 0.5) is 0 Å². The lowest BCUT2D eigenvalue weighted by atomic mass is 9.83. The third-order valence-corrected chi connectivity index (χ3v) is 3.26. The van der Waals surface area contributed by atoms with Crippen LogP contribution in [0.1, 0.15) is 43.5 Å². The third-order valence-electron chi connectivity index (χ3n) is 3.26. The normalized spacial score (nSPS) is 13.2. The number of rotatable bonds is 7. The van der Waals surface area contributed by atoms with Gasteiger partial charge in [-0.3, -0.25) is 9.59 Å². The second-order valence-electron chi connectivity index (χ2n) is 4.61. The zero-order valence-corrected chi connectivity index (χ0v) is 11.4. The largest absolute Gasteiger partial charge is 0.481 e. The molecule has 4 nitrogen and oxygen atoms in total. The number of Topliss-reactive ketones (excluding diaryl/α,β-unsaturated/α-hetero) is 1. The first-order valence-electron chi connectivity index (χ1n) is 6.40. The molecule has 4 heteroatoms. The third kappa shape index (κ3) is 4.83. The van der Waals surface area contributed by atoms with Gasteiger partial charge >= 0.3 is 5.97 Å². The molecule has 0 heterocycles. The van der Waals surface area contributed by atoms with Crippen LogP contribution in [-0.4, -0.2) is 22.3 Å². The molecule has 0 saturated heterocycles. The van der Waals surface area contributed by atoms with E-state index in [1.165, 1.54) is 0 Å². The molecule has 106 valence electrons. The van der Waals surface area contributed by atoms with Crippen LogP contribution in [-0.2, 0) is 4.79 Å². The van der Waals surface area contributed by atoms with Gasteiger partial charge in [-0.05, 0) is 6.42 Å². The minimum absolute atomic E-state index is 0. The summed E-state index contributed by atoms with van der Waals surface area (Å²) < 4.78 is 0. The van der Waals surface area contributed by atoms with Gasteiger partial charge in [0, 0.05) is 11.5 Å². The van der Waals surface area contributed by atoms with E-state index in [1.807, 2.05) is 13.0 Å². The molecular formula is C15H22O4. The molecule has 0 aromatic heterocycles. The molecule has 0 amide bonds. The van der Waals surface area contributed by atoms with Crippen LogP contribution in [0.3, 0.4) is 0 Å². The topological polar surface area (TPSA) is 85.9 Å². The summed E-state index contributed by atoms with van der Waals surface area (Å²) in [6, 6.07) is 8.94. The maximum absolute atomic E-state index is 12.3. The monoisotopic (exact) mass is 266 g/mol. The molecule has 0 spiro atoms. The number of aliphatic carboxylic acids is 1. The van der Waals surface area contributed by atoms with Crippen LogP contribution in [0.2, 0.25) is 0 Å². The summed E-state index contributed by atoms with van der Waals surface area (Å²) in [4.78, 5) is 23.4. The number of carboxylic acids is 1. The molecule has 1 aromatic carbocycles. The Kier molecular flexibility index (Phi) is 7.68. The smallest absolute Gasteiger partial charge is 0.306 e. The van der Waals surface area contributed by atoms with Crippen LogP contribution >= 0.6 is 0 Å². The minimum Gasteiger partial charge on any atom is -0.481 e. The molecular weight excluding hydrogens is 244 g/mol. The van der Waals surface area contributed by atoms with Crippen LogP contribution in [0.25, 0.3) is 0 Å². The molecule has 2 atom stereocenters. The number of carbonyl (C=O) groups excluding carboxylic acids is 1. The highest BCUT2D eigenvalue weighted by Gasteiger charge is 2.29. The number of hydrogen-bond donors (Lipinski definition) is 1. The van der Waals surface area contributed by atoms with E-state index in [9.17, 15) is 9.59 Å². The van der Waals surface area contributed by atoms with Gasteiger partial charge in [0.05, 0.1) is 5.92 Å². The van der Waals surface area contributed by atoms with Gasteiger partial charge in [-0.15, -0.1) is 0 Å². The van der Waals surface area contributed by atoms with Gasteiger partial charge in [-0.25, -0.2) is 0 Å². The first-order valence-corrected chi connectivity index (χ1v) is 6.40. The van der Waals surface area contributed by atoms with E-state index in [-0.39, 0.29) is 11.3 Å². The average Bonchev–Trinajstić information content (AvgIpc) is 2.39. The van der Waals surface area contributed by atoms with E-state index in [2.05, 4.69) is 0 Å². The van der Waals surface area contributed by atoms with Crippen molar-refractivity contribution in [1.29, 1.82) is 0 Å². The molecule has 0 aliphatic rings. The molecule has 0 aliphatic heterocycles. The van der Waals surface area contributed by atoms with Crippen molar-refractivity contribution in [2.24, 2.45) is 11.8 Å². The summed E-state index contributed by atoms with van der Waals surface area (Å²) in [6.45, 7) is 3.65. The van der Waals surface area contributed by atoms with Gasteiger partial charge in [0.2, 0.25) is 0 Å². The average molecular weight is 266 g/mol. The van der Waals surface area contributed by atoms with Crippen LogP contribution in [0.5, 0.6) is 0 Å². The van der Waals surface area contributed by atoms with Crippen LogP contribution in [0, 0.1) is 11.8 Å². The SMILES string of the molecule is CCCCC(C(=O)c1ccccc1)C(C)C(=O)O.O. The van der Waals surface area contributed by atoms with Crippen molar-refractivity contribution >= 4 is 11.8 Å². The van der Waals surface area contributed by atoms with Crippen molar-refractivity contribution in [3.63, 3.8) is 0 Å². The molecule has 3 N–H and O–H groups in total. The summed E-state index contributed by atoms with van der Waals surface area (Å²) in [6.07, 6.45) is 2.48. The minimum atomic E-state index is -0.902. The van der Waals surface area contributed by atoms with Gasteiger partial charge < -0.3 is 10.6 Å². The highest BCUT2D eigenvalue weighted by atomic mass is 16.4. The van der Waals surface area contributed by atoms with Crippen LogP contribution in [0.15, 0.2) is 30.3 Å². The van der Waals surface area contributed by atoms with Crippen molar-refractivity contribution in [1.82, 2.24) is 0 Å². The molecule has 0 saturated carbocycles. The maximum atomic E-state index is 12.3. The molecule has 0 bridgehead atoms. The van der Waals surface area contributed by atoms with E-state index >= 15 is 0 Å². The van der Waals surface area contributed by atoms with Crippen LogP contribution < -0.4 is 0 Å². The Morgan fingerprint density at radius 1 is 1.21 bits per heavy atom. The Hall–Kier alpha value is -1.68. The fourth-order valence-corrected chi connectivity index (χ4v) is 2.02. The second-order valence-corrected chi connectivity index (χ2v) is 4.61. The molecule has 0 aliphatic carbocycles. The Balaban J connectivity index is 0.00000324. The Labute approximate surface area is 113 Å². The Morgan fingerprint density at radius 2 is 1.79 bits per heavy atom. The number of ketones is 1. The molecule has 1 rings (SSSR count). The van der Waals surface area contributed by atoms with E-state index in [0.29, 0.717) is 12.0 Å². The Morgan fingerprint density at radius 3 is 2.26 bits per heavy atom. The predicted octanol–water partition coefficient (Wildman–Crippen LogP) is 2.57. The maximum Gasteiger partial charge on any atom is 0.306 e. The first-order chi connectivity index (χ1) is 8.57. The molecule has 0 fully saturated rings. The van der Waals surface area contributed by atoms with Gasteiger partial charge in [0.15, 0.2) is 5.78 Å². The lowest BCUT2D eigenvalue weighted by molar-refractivity contribution is -0.142. The summed E-state index contributed by atoms with van der Waals surface area (Å²) in [7, 11) is 0. The van der Waals surface area contributed by atoms with Gasteiger partial charge in [-0.1, -0.05) is 57.0 Å². The highest BCUT2D eigenvalue weighted by Crippen LogP contribution is 2.23. The van der Waals surface area contributed by atoms with Gasteiger partial charge in [0.1, 0.15) is 0 Å². The number of unbranched alkanes of at least 4 members (excludes halogenated alkanes) is 1. The number of hydrogen-bond acceptors (Lipinski definition) is 2. The van der Waals surface area contributed by atoms with E-state index in [4.69, 9.17) is 5.11 Å². The molecule has 0 radical (unpaired) electrons. The zero-order valence-electron chi connectivity index (χ0n) is 11.4. The number of carboxylic acid groups (broad SMARTS) is 1. The van der Waals surface area contributed by atoms with Crippen molar-refractivity contribution < 1.29 is 20.2 Å². The molecule has 1 aromatic rings. The summed E-state index contributed by atoms with van der Waals surface area (Å²) in [5.41, 5.74) is 0.603. The molecule has 2 unspecified atom stereocenters. The fraction of sp³-hybridized carbons (Fsp3) is 0.467. The summed E-state index contributed by atoms with van der Waals surface area (Å²) in [5.74, 6) is -2.02.